The molecular formula is C34H40Br2. The Kier molecular flexibility index (Phi) is 11.9. The average molecular weight is 609 g/mol. The zero-order valence-electron chi connectivity index (χ0n) is 22.4. The van der Waals surface area contributed by atoms with E-state index < -0.39 is 0 Å². The Hall–Kier alpha value is -1.74. The quantitative estimate of drug-likeness (QED) is 0.159. The van der Waals surface area contributed by atoms with Gasteiger partial charge in [-0.05, 0) is 59.7 Å². The van der Waals surface area contributed by atoms with Gasteiger partial charge in [-0.25, -0.2) is 0 Å². The highest BCUT2D eigenvalue weighted by molar-refractivity contribution is 9.10. The Morgan fingerprint density at radius 3 is 1.39 bits per heavy atom. The third-order valence-electron chi connectivity index (χ3n) is 7.34. The average Bonchev–Trinajstić information content (AvgIpc) is 2.88. The highest BCUT2D eigenvalue weighted by atomic mass is 79.9. The van der Waals surface area contributed by atoms with E-state index in [9.17, 15) is 0 Å². The van der Waals surface area contributed by atoms with Crippen molar-refractivity contribution in [1.29, 1.82) is 0 Å². The second kappa shape index (κ2) is 14.9. The van der Waals surface area contributed by atoms with Crippen molar-refractivity contribution < 1.29 is 0 Å². The van der Waals surface area contributed by atoms with Gasteiger partial charge in [0, 0.05) is 43.7 Å². The fraction of sp³-hybridized carbons (Fsp3) is 0.471. The minimum absolute atomic E-state index is 0.681. The van der Waals surface area contributed by atoms with Crippen LogP contribution in [0.2, 0.25) is 0 Å². The molecular weight excluding hydrogens is 568 g/mol. The molecule has 0 nitrogen and oxygen atoms in total. The van der Waals surface area contributed by atoms with Crippen LogP contribution in [-0.2, 0) is 0 Å². The van der Waals surface area contributed by atoms with Crippen LogP contribution in [0, 0.1) is 35.5 Å². The molecule has 0 aliphatic carbocycles. The van der Waals surface area contributed by atoms with Crippen LogP contribution in [-0.4, -0.2) is 0 Å². The van der Waals surface area contributed by atoms with Gasteiger partial charge in [-0.3, -0.25) is 0 Å². The van der Waals surface area contributed by atoms with Crippen molar-refractivity contribution in [1.82, 2.24) is 0 Å². The van der Waals surface area contributed by atoms with Crippen molar-refractivity contribution in [3.8, 4) is 23.7 Å². The van der Waals surface area contributed by atoms with Crippen LogP contribution in [0.1, 0.15) is 103 Å². The molecule has 3 aromatic carbocycles. The van der Waals surface area contributed by atoms with E-state index in [2.05, 4.69) is 120 Å². The molecule has 0 aliphatic heterocycles. The first-order valence-corrected chi connectivity index (χ1v) is 15.4. The summed E-state index contributed by atoms with van der Waals surface area (Å²) in [5, 5.41) is 4.77. The first-order valence-electron chi connectivity index (χ1n) is 13.8. The van der Waals surface area contributed by atoms with Crippen LogP contribution in [0.25, 0.3) is 21.5 Å². The van der Waals surface area contributed by atoms with E-state index in [4.69, 9.17) is 0 Å². The zero-order valence-corrected chi connectivity index (χ0v) is 25.6. The molecule has 2 atom stereocenters. The molecule has 3 aromatic rings. The summed E-state index contributed by atoms with van der Waals surface area (Å²) in [5.74, 6) is 15.7. The molecule has 2 unspecified atom stereocenters. The largest absolute Gasteiger partial charge is 0.0976 e. The first-order chi connectivity index (χ1) is 17.5. The second-order valence-corrected chi connectivity index (χ2v) is 11.8. The SMILES string of the molecule is CCCCC(CC)CC#Cc1c2ccc(Br)cc2c(C#CCC(CC)CCCC)c2ccc(Br)cc12. The molecule has 0 spiro atoms. The number of halogens is 2. The van der Waals surface area contributed by atoms with Gasteiger partial charge in [0.15, 0.2) is 0 Å². The Balaban J connectivity index is 2.12. The molecule has 0 saturated carbocycles. The van der Waals surface area contributed by atoms with Gasteiger partial charge in [-0.2, -0.15) is 0 Å². The molecule has 0 heterocycles. The van der Waals surface area contributed by atoms with Crippen molar-refractivity contribution in [2.75, 3.05) is 0 Å². The first kappa shape index (κ1) is 28.8. The molecule has 0 N–H and O–H groups in total. The summed E-state index contributed by atoms with van der Waals surface area (Å²) in [4.78, 5) is 0. The van der Waals surface area contributed by atoms with E-state index in [1.807, 2.05) is 0 Å². The molecule has 2 heteroatoms. The Morgan fingerprint density at radius 1 is 0.611 bits per heavy atom. The monoisotopic (exact) mass is 606 g/mol. The number of hydrogen-bond acceptors (Lipinski definition) is 0. The van der Waals surface area contributed by atoms with Crippen LogP contribution in [0.15, 0.2) is 45.3 Å². The lowest BCUT2D eigenvalue weighted by atomic mass is 9.91. The molecule has 0 aliphatic rings. The van der Waals surface area contributed by atoms with Gasteiger partial charge in [0.1, 0.15) is 0 Å². The van der Waals surface area contributed by atoms with Gasteiger partial charge in [0.2, 0.25) is 0 Å². The lowest BCUT2D eigenvalue weighted by Crippen LogP contribution is -1.97. The highest BCUT2D eigenvalue weighted by Crippen LogP contribution is 2.35. The standard InChI is InChI=1S/C34H40Br2/c1-5-9-13-25(7-3)15-11-17-29-31-21-19-28(36)24-34(31)30(32-22-20-27(35)23-33(29)32)18-12-16-26(8-4)14-10-6-2/h19-26H,5-10,13-16H2,1-4H3. The normalized spacial score (nSPS) is 12.6. The van der Waals surface area contributed by atoms with Crippen molar-refractivity contribution in [2.24, 2.45) is 11.8 Å². The number of fused-ring (bicyclic) bond motifs is 2. The third kappa shape index (κ3) is 7.63. The molecule has 0 amide bonds. The van der Waals surface area contributed by atoms with E-state index in [1.54, 1.807) is 0 Å². The van der Waals surface area contributed by atoms with Crippen LogP contribution in [0.3, 0.4) is 0 Å². The Labute approximate surface area is 236 Å². The minimum atomic E-state index is 0.681. The van der Waals surface area contributed by atoms with Gasteiger partial charge in [-0.1, -0.05) is 134 Å². The van der Waals surface area contributed by atoms with Gasteiger partial charge in [-0.15, -0.1) is 0 Å². The van der Waals surface area contributed by atoms with Crippen LogP contribution in [0.5, 0.6) is 0 Å². The summed E-state index contributed by atoms with van der Waals surface area (Å²) in [7, 11) is 0. The summed E-state index contributed by atoms with van der Waals surface area (Å²) in [6.07, 6.45) is 11.9. The maximum Gasteiger partial charge on any atom is 0.0403 e. The fourth-order valence-corrected chi connectivity index (χ4v) is 5.62. The van der Waals surface area contributed by atoms with Crippen molar-refractivity contribution in [3.63, 3.8) is 0 Å². The van der Waals surface area contributed by atoms with Crippen LogP contribution < -0.4 is 0 Å². The minimum Gasteiger partial charge on any atom is -0.0976 e. The summed E-state index contributed by atoms with van der Waals surface area (Å²) in [6, 6.07) is 13.1. The molecule has 0 aromatic heterocycles. The summed E-state index contributed by atoms with van der Waals surface area (Å²) in [6.45, 7) is 9.12. The van der Waals surface area contributed by atoms with Crippen molar-refractivity contribution in [2.45, 2.75) is 91.9 Å². The smallest absolute Gasteiger partial charge is 0.0403 e. The Bertz CT molecular complexity index is 1180. The predicted octanol–water partition coefficient (Wildman–Crippen LogP) is 11.4. The highest BCUT2D eigenvalue weighted by Gasteiger charge is 2.13. The second-order valence-electron chi connectivity index (χ2n) is 9.97. The van der Waals surface area contributed by atoms with Gasteiger partial charge >= 0.3 is 0 Å². The maximum absolute atomic E-state index is 3.71. The molecule has 3 rings (SSSR count). The van der Waals surface area contributed by atoms with E-state index in [0.717, 1.165) is 32.9 Å². The Morgan fingerprint density at radius 2 is 1.03 bits per heavy atom. The van der Waals surface area contributed by atoms with Crippen LogP contribution >= 0.6 is 31.9 Å². The maximum atomic E-state index is 3.71. The van der Waals surface area contributed by atoms with E-state index >= 15 is 0 Å². The summed E-state index contributed by atoms with van der Waals surface area (Å²) in [5.41, 5.74) is 2.25. The molecule has 190 valence electrons. The fourth-order valence-electron chi connectivity index (χ4n) is 4.90. The predicted molar refractivity (Wildman–Crippen MR) is 166 cm³/mol. The third-order valence-corrected chi connectivity index (χ3v) is 8.32. The number of hydrogen-bond donors (Lipinski definition) is 0. The molecule has 0 bridgehead atoms. The molecule has 0 saturated heterocycles. The lowest BCUT2D eigenvalue weighted by molar-refractivity contribution is 0.462. The van der Waals surface area contributed by atoms with Gasteiger partial charge in [0.05, 0.1) is 0 Å². The zero-order chi connectivity index (χ0) is 25.9. The number of benzene rings is 3. The van der Waals surface area contributed by atoms with E-state index in [0.29, 0.717) is 11.8 Å². The van der Waals surface area contributed by atoms with Crippen molar-refractivity contribution in [3.05, 3.63) is 56.5 Å². The number of rotatable bonds is 10. The molecule has 0 radical (unpaired) electrons. The van der Waals surface area contributed by atoms with E-state index in [-0.39, 0.29) is 0 Å². The number of unbranched alkanes of at least 4 members (excludes halogenated alkanes) is 2. The lowest BCUT2D eigenvalue weighted by Gasteiger charge is -2.13. The molecule has 0 fully saturated rings. The summed E-state index contributed by atoms with van der Waals surface area (Å²) >= 11 is 7.42. The van der Waals surface area contributed by atoms with E-state index in [1.165, 1.54) is 72.9 Å². The topological polar surface area (TPSA) is 0 Å². The van der Waals surface area contributed by atoms with Crippen molar-refractivity contribution >= 4 is 53.4 Å². The molecule has 36 heavy (non-hydrogen) atoms. The van der Waals surface area contributed by atoms with Gasteiger partial charge in [0.25, 0.3) is 0 Å². The van der Waals surface area contributed by atoms with Gasteiger partial charge < -0.3 is 0 Å². The van der Waals surface area contributed by atoms with Crippen LogP contribution in [0.4, 0.5) is 0 Å². The summed E-state index contributed by atoms with van der Waals surface area (Å²) < 4.78 is 2.15.